The van der Waals surface area contributed by atoms with Crippen molar-refractivity contribution in [3.8, 4) is 0 Å². The Morgan fingerprint density at radius 2 is 1.71 bits per heavy atom. The van der Waals surface area contributed by atoms with Gasteiger partial charge in [-0.3, -0.25) is 9.88 Å². The molecule has 6 nitrogen and oxygen atoms in total. The van der Waals surface area contributed by atoms with Crippen molar-refractivity contribution in [3.05, 3.63) is 48.5 Å². The van der Waals surface area contributed by atoms with Crippen molar-refractivity contribution in [2.45, 2.75) is 38.6 Å². The second-order valence-corrected chi connectivity index (χ2v) is 10.6. The summed E-state index contributed by atoms with van der Waals surface area (Å²) in [7, 11) is 0. The van der Waals surface area contributed by atoms with E-state index in [4.69, 9.17) is 0 Å². The van der Waals surface area contributed by atoms with Crippen molar-refractivity contribution >= 4 is 5.95 Å². The Kier molecular flexibility index (Phi) is 4.95. The van der Waals surface area contributed by atoms with E-state index in [1.54, 1.807) is 0 Å². The molecule has 0 bridgehead atoms. The summed E-state index contributed by atoms with van der Waals surface area (Å²) in [5.74, 6) is 1.91. The maximum absolute atomic E-state index is 4.62. The minimum absolute atomic E-state index is 0.385. The van der Waals surface area contributed by atoms with E-state index in [-0.39, 0.29) is 0 Å². The van der Waals surface area contributed by atoms with E-state index in [1.165, 1.54) is 70.4 Å². The molecule has 31 heavy (non-hydrogen) atoms. The standard InChI is InChI=1S/C25H34N6/c1-4-22(14-26-9-1)16-29-12-2-7-24(8-13-29)19-31(23-27-10-3-11-28-23)20-25(24)17-30(18-25)15-21-5-6-21/h1,3-4,9-11,14,21H,2,5-8,12-13,15-20H2/t24-/m1/s1. The lowest BCUT2D eigenvalue weighted by Crippen LogP contribution is -2.64. The smallest absolute Gasteiger partial charge is 0.225 e. The van der Waals surface area contributed by atoms with Gasteiger partial charge in [-0.2, -0.15) is 0 Å². The summed E-state index contributed by atoms with van der Waals surface area (Å²) in [6.07, 6.45) is 14.5. The molecule has 0 amide bonds. The van der Waals surface area contributed by atoms with E-state index in [0.717, 1.165) is 31.5 Å². The molecule has 0 unspecified atom stereocenters. The largest absolute Gasteiger partial charge is 0.340 e. The first-order chi connectivity index (χ1) is 15.2. The Hall–Kier alpha value is -2.05. The maximum Gasteiger partial charge on any atom is 0.225 e. The number of likely N-dealkylation sites (tertiary alicyclic amines) is 2. The average Bonchev–Trinajstić information content (AvgIpc) is 3.56. The van der Waals surface area contributed by atoms with Gasteiger partial charge in [0.05, 0.1) is 0 Å². The number of fused-ring (bicyclic) bond motifs is 1. The average molecular weight is 419 g/mol. The first-order valence-electron chi connectivity index (χ1n) is 12.1. The molecule has 6 heteroatoms. The molecule has 0 N–H and O–H groups in total. The molecule has 2 aromatic rings. The number of aromatic nitrogens is 3. The fraction of sp³-hybridized carbons (Fsp3) is 0.640. The first-order valence-corrected chi connectivity index (χ1v) is 12.1. The minimum atomic E-state index is 0.385. The van der Waals surface area contributed by atoms with Crippen LogP contribution in [0.25, 0.3) is 0 Å². The molecule has 6 rings (SSSR count). The third-order valence-electron chi connectivity index (χ3n) is 8.38. The summed E-state index contributed by atoms with van der Waals surface area (Å²) >= 11 is 0. The van der Waals surface area contributed by atoms with Gasteiger partial charge in [-0.15, -0.1) is 0 Å². The van der Waals surface area contributed by atoms with Crippen LogP contribution >= 0.6 is 0 Å². The molecule has 1 aliphatic carbocycles. The van der Waals surface area contributed by atoms with Crippen LogP contribution in [0.5, 0.6) is 0 Å². The summed E-state index contributed by atoms with van der Waals surface area (Å²) in [5, 5.41) is 0. The number of nitrogens with zero attached hydrogens (tertiary/aromatic N) is 6. The molecule has 2 spiro atoms. The predicted octanol–water partition coefficient (Wildman–Crippen LogP) is 3.08. The summed E-state index contributed by atoms with van der Waals surface area (Å²) in [6, 6.07) is 6.19. The lowest BCUT2D eigenvalue weighted by atomic mass is 9.58. The van der Waals surface area contributed by atoms with Gasteiger partial charge >= 0.3 is 0 Å². The molecule has 3 aliphatic heterocycles. The highest BCUT2D eigenvalue weighted by Crippen LogP contribution is 2.58. The third-order valence-corrected chi connectivity index (χ3v) is 8.38. The number of hydrogen-bond acceptors (Lipinski definition) is 6. The van der Waals surface area contributed by atoms with E-state index in [9.17, 15) is 0 Å². The highest BCUT2D eigenvalue weighted by molar-refractivity contribution is 5.37. The molecule has 1 saturated carbocycles. The van der Waals surface area contributed by atoms with Crippen molar-refractivity contribution < 1.29 is 0 Å². The molecular weight excluding hydrogens is 384 g/mol. The molecular formula is C25H34N6. The molecule has 0 radical (unpaired) electrons. The molecule has 1 atom stereocenters. The summed E-state index contributed by atoms with van der Waals surface area (Å²) < 4.78 is 0. The van der Waals surface area contributed by atoms with E-state index in [0.29, 0.717) is 10.8 Å². The topological polar surface area (TPSA) is 48.4 Å². The van der Waals surface area contributed by atoms with Crippen molar-refractivity contribution in [2.24, 2.45) is 16.7 Å². The molecule has 4 aliphatic rings. The predicted molar refractivity (Wildman–Crippen MR) is 122 cm³/mol. The van der Waals surface area contributed by atoms with Gasteiger partial charge in [-0.05, 0) is 74.2 Å². The van der Waals surface area contributed by atoms with Crippen LogP contribution in [0.4, 0.5) is 5.95 Å². The second kappa shape index (κ2) is 7.82. The van der Waals surface area contributed by atoms with Gasteiger partial charge < -0.3 is 9.80 Å². The van der Waals surface area contributed by atoms with Crippen LogP contribution in [-0.4, -0.2) is 70.6 Å². The summed E-state index contributed by atoms with van der Waals surface area (Å²) in [6.45, 7) is 9.52. The zero-order valence-corrected chi connectivity index (χ0v) is 18.5. The Morgan fingerprint density at radius 1 is 0.871 bits per heavy atom. The SMILES string of the molecule is c1cnc(N2CC3(CN(CC4CC4)C3)[C@@]3(CCCN(Cc4cccnc4)CC3)C2)nc1. The second-order valence-electron chi connectivity index (χ2n) is 10.6. The fourth-order valence-electron chi connectivity index (χ4n) is 6.60. The van der Waals surface area contributed by atoms with Gasteiger partial charge in [0.2, 0.25) is 5.95 Å². The molecule has 3 saturated heterocycles. The van der Waals surface area contributed by atoms with Crippen molar-refractivity contribution in [2.75, 3.05) is 50.7 Å². The van der Waals surface area contributed by atoms with Crippen LogP contribution in [-0.2, 0) is 6.54 Å². The number of hydrogen-bond donors (Lipinski definition) is 0. The van der Waals surface area contributed by atoms with E-state index < -0.39 is 0 Å². The van der Waals surface area contributed by atoms with Gasteiger partial charge in [0, 0.05) is 69.5 Å². The van der Waals surface area contributed by atoms with Gasteiger partial charge in [-0.25, -0.2) is 9.97 Å². The third kappa shape index (κ3) is 3.74. The van der Waals surface area contributed by atoms with Crippen LogP contribution in [0.1, 0.15) is 37.7 Å². The summed E-state index contributed by atoms with van der Waals surface area (Å²) in [5.41, 5.74) is 2.12. The van der Waals surface area contributed by atoms with Crippen molar-refractivity contribution in [3.63, 3.8) is 0 Å². The number of pyridine rings is 1. The lowest BCUT2D eigenvalue weighted by Gasteiger charge is -2.57. The van der Waals surface area contributed by atoms with Crippen molar-refractivity contribution in [1.82, 2.24) is 24.8 Å². The quantitative estimate of drug-likeness (QED) is 0.744. The molecule has 164 valence electrons. The van der Waals surface area contributed by atoms with Crippen LogP contribution < -0.4 is 4.90 Å². The Balaban J connectivity index is 1.21. The molecule has 0 aromatic carbocycles. The molecule has 5 heterocycles. The molecule has 4 fully saturated rings. The lowest BCUT2D eigenvalue weighted by molar-refractivity contribution is -0.0778. The van der Waals surface area contributed by atoms with Crippen LogP contribution in [0.2, 0.25) is 0 Å². The molecule has 2 aromatic heterocycles. The van der Waals surface area contributed by atoms with E-state index >= 15 is 0 Å². The Labute approximate surface area is 185 Å². The number of anilines is 1. The van der Waals surface area contributed by atoms with E-state index in [2.05, 4.69) is 41.8 Å². The monoisotopic (exact) mass is 418 g/mol. The van der Waals surface area contributed by atoms with Crippen LogP contribution in [0, 0.1) is 16.7 Å². The van der Waals surface area contributed by atoms with Gasteiger partial charge in [-0.1, -0.05) is 6.07 Å². The maximum atomic E-state index is 4.62. The Bertz CT molecular complexity index is 879. The zero-order valence-electron chi connectivity index (χ0n) is 18.5. The van der Waals surface area contributed by atoms with Crippen LogP contribution in [0.3, 0.4) is 0 Å². The van der Waals surface area contributed by atoms with Gasteiger partial charge in [0.15, 0.2) is 0 Å². The first kappa shape index (κ1) is 19.6. The normalized spacial score (nSPS) is 28.7. The number of rotatable bonds is 5. The van der Waals surface area contributed by atoms with Crippen LogP contribution in [0.15, 0.2) is 43.0 Å². The zero-order chi connectivity index (χ0) is 20.7. The highest BCUT2D eigenvalue weighted by Gasteiger charge is 2.63. The summed E-state index contributed by atoms with van der Waals surface area (Å²) in [4.78, 5) is 21.5. The minimum Gasteiger partial charge on any atom is -0.340 e. The van der Waals surface area contributed by atoms with Gasteiger partial charge in [0.1, 0.15) is 0 Å². The van der Waals surface area contributed by atoms with E-state index in [1.807, 2.05) is 30.9 Å². The van der Waals surface area contributed by atoms with Gasteiger partial charge in [0.25, 0.3) is 0 Å². The highest BCUT2D eigenvalue weighted by atomic mass is 15.3. The fourth-order valence-corrected chi connectivity index (χ4v) is 6.60. The Morgan fingerprint density at radius 3 is 2.48 bits per heavy atom. The van der Waals surface area contributed by atoms with Crippen molar-refractivity contribution in [1.29, 1.82) is 0 Å².